The van der Waals surface area contributed by atoms with Crippen molar-refractivity contribution < 1.29 is 8.42 Å². The number of fused-ring (bicyclic) bond motifs is 1. The van der Waals surface area contributed by atoms with Crippen LogP contribution in [0.25, 0.3) is 16.6 Å². The second-order valence-corrected chi connectivity index (χ2v) is 11.0. The summed E-state index contributed by atoms with van der Waals surface area (Å²) in [6.45, 7) is 3.99. The number of benzene rings is 3. The lowest BCUT2D eigenvalue weighted by Gasteiger charge is -2.24. The minimum atomic E-state index is -3.92. The molecule has 1 aromatic heterocycles. The maximum atomic E-state index is 13.7. The van der Waals surface area contributed by atoms with Crippen LogP contribution in [0.4, 0.5) is 5.69 Å². The molecule has 4 aromatic rings. The van der Waals surface area contributed by atoms with Crippen LogP contribution in [0.15, 0.2) is 87.0 Å². The summed E-state index contributed by atoms with van der Waals surface area (Å²) in [5.74, 6) is 0.443. The summed E-state index contributed by atoms with van der Waals surface area (Å²) in [5, 5.41) is 0.451. The van der Waals surface area contributed by atoms with E-state index in [2.05, 4.69) is 20.7 Å². The maximum absolute atomic E-state index is 13.7. The van der Waals surface area contributed by atoms with E-state index in [1.807, 2.05) is 32.0 Å². The minimum absolute atomic E-state index is 0.0889. The van der Waals surface area contributed by atoms with Crippen molar-refractivity contribution >= 4 is 42.5 Å². The quantitative estimate of drug-likeness (QED) is 0.327. The van der Waals surface area contributed by atoms with Crippen LogP contribution in [0.3, 0.4) is 0 Å². The standard InChI is InChI=1S/C25H25BrN4O3S/c1-16(2)15-22(29-34(32,33)18-13-11-17(27)12-14-18)24-28-21-9-5-3-7-19(21)25(31)30(24)23-10-6-4-8-20(23)26/h3-14,16,22,29H,15,27H2,1-2H3. The molecule has 0 aliphatic carbocycles. The summed E-state index contributed by atoms with van der Waals surface area (Å²) in [4.78, 5) is 18.6. The second kappa shape index (κ2) is 9.69. The number of aromatic nitrogens is 2. The number of nitrogens with zero attached hydrogens (tertiary/aromatic N) is 2. The molecular weight excluding hydrogens is 516 g/mol. The normalized spacial score (nSPS) is 12.8. The van der Waals surface area contributed by atoms with Crippen molar-refractivity contribution in [2.45, 2.75) is 31.2 Å². The van der Waals surface area contributed by atoms with Gasteiger partial charge in [0.1, 0.15) is 5.82 Å². The van der Waals surface area contributed by atoms with Gasteiger partial charge in [0, 0.05) is 10.2 Å². The summed E-state index contributed by atoms with van der Waals surface area (Å²) in [7, 11) is -3.92. The Labute approximate surface area is 206 Å². The number of hydrogen-bond acceptors (Lipinski definition) is 5. The Morgan fingerprint density at radius 2 is 1.65 bits per heavy atom. The third-order valence-corrected chi connectivity index (χ3v) is 7.56. The van der Waals surface area contributed by atoms with Crippen LogP contribution >= 0.6 is 15.9 Å². The van der Waals surface area contributed by atoms with E-state index >= 15 is 0 Å². The molecule has 0 bridgehead atoms. The van der Waals surface area contributed by atoms with Gasteiger partial charge in [-0.25, -0.2) is 18.1 Å². The van der Waals surface area contributed by atoms with Gasteiger partial charge in [-0.15, -0.1) is 0 Å². The van der Waals surface area contributed by atoms with Crippen LogP contribution in [0.2, 0.25) is 0 Å². The van der Waals surface area contributed by atoms with Gasteiger partial charge in [-0.1, -0.05) is 38.1 Å². The molecule has 0 spiro atoms. The maximum Gasteiger partial charge on any atom is 0.266 e. The lowest BCUT2D eigenvalue weighted by molar-refractivity contribution is 0.449. The molecule has 1 atom stereocenters. The predicted octanol–water partition coefficient (Wildman–Crippen LogP) is 4.80. The second-order valence-electron chi connectivity index (χ2n) is 8.45. The van der Waals surface area contributed by atoms with Crippen molar-refractivity contribution in [1.29, 1.82) is 0 Å². The van der Waals surface area contributed by atoms with E-state index in [1.54, 1.807) is 30.3 Å². The van der Waals surface area contributed by atoms with Crippen molar-refractivity contribution in [1.82, 2.24) is 14.3 Å². The van der Waals surface area contributed by atoms with Crippen LogP contribution in [0, 0.1) is 5.92 Å². The highest BCUT2D eigenvalue weighted by atomic mass is 79.9. The lowest BCUT2D eigenvalue weighted by atomic mass is 10.0. The molecule has 176 valence electrons. The number of nitrogens with two attached hydrogens (primary N) is 1. The number of hydrogen-bond donors (Lipinski definition) is 2. The molecule has 4 rings (SSSR count). The number of nitrogen functional groups attached to an aromatic ring is 1. The fraction of sp³-hybridized carbons (Fsp3) is 0.200. The topological polar surface area (TPSA) is 107 Å². The summed E-state index contributed by atoms with van der Waals surface area (Å²) < 4.78 is 31.6. The van der Waals surface area contributed by atoms with Crippen molar-refractivity contribution in [3.63, 3.8) is 0 Å². The van der Waals surface area contributed by atoms with Gasteiger partial charge in [-0.2, -0.15) is 0 Å². The van der Waals surface area contributed by atoms with Crippen LogP contribution in [-0.2, 0) is 10.0 Å². The number of para-hydroxylation sites is 2. The van der Waals surface area contributed by atoms with Crippen LogP contribution in [-0.4, -0.2) is 18.0 Å². The fourth-order valence-electron chi connectivity index (χ4n) is 3.83. The monoisotopic (exact) mass is 540 g/mol. The molecule has 0 saturated carbocycles. The Balaban J connectivity index is 1.95. The van der Waals surface area contributed by atoms with Crippen molar-refractivity contribution in [3.05, 3.63) is 93.4 Å². The van der Waals surface area contributed by atoms with Crippen molar-refractivity contribution in [3.8, 4) is 5.69 Å². The average Bonchev–Trinajstić information content (AvgIpc) is 2.79. The highest BCUT2D eigenvalue weighted by Gasteiger charge is 2.28. The van der Waals surface area contributed by atoms with E-state index in [4.69, 9.17) is 10.7 Å². The van der Waals surface area contributed by atoms with Crippen LogP contribution in [0.1, 0.15) is 32.1 Å². The largest absolute Gasteiger partial charge is 0.399 e. The Kier molecular flexibility index (Phi) is 6.88. The number of sulfonamides is 1. The lowest BCUT2D eigenvalue weighted by Crippen LogP contribution is -2.35. The highest BCUT2D eigenvalue weighted by molar-refractivity contribution is 9.10. The van der Waals surface area contributed by atoms with Crippen molar-refractivity contribution in [2.24, 2.45) is 5.92 Å². The summed E-state index contributed by atoms with van der Waals surface area (Å²) in [6.07, 6.45) is 0.434. The molecule has 3 aromatic carbocycles. The first-order valence-corrected chi connectivity index (χ1v) is 13.1. The number of rotatable bonds is 7. The Bertz CT molecular complexity index is 1500. The first kappa shape index (κ1) is 24.1. The third-order valence-electron chi connectivity index (χ3n) is 5.40. The summed E-state index contributed by atoms with van der Waals surface area (Å²) in [5.41, 5.74) is 7.02. The average molecular weight is 541 g/mol. The van der Waals surface area contributed by atoms with E-state index in [9.17, 15) is 13.2 Å². The SMILES string of the molecule is CC(C)CC(NS(=O)(=O)c1ccc(N)cc1)c1nc2ccccc2c(=O)n1-c1ccccc1Br. The van der Waals surface area contributed by atoms with Gasteiger partial charge in [-0.3, -0.25) is 9.36 Å². The molecule has 1 unspecified atom stereocenters. The zero-order chi connectivity index (χ0) is 24.5. The Morgan fingerprint density at radius 1 is 1.00 bits per heavy atom. The van der Waals surface area contributed by atoms with Gasteiger partial charge >= 0.3 is 0 Å². The Morgan fingerprint density at radius 3 is 2.32 bits per heavy atom. The first-order valence-electron chi connectivity index (χ1n) is 10.8. The minimum Gasteiger partial charge on any atom is -0.399 e. The zero-order valence-corrected chi connectivity index (χ0v) is 21.2. The molecule has 0 aliphatic heterocycles. The third kappa shape index (κ3) is 4.91. The van der Waals surface area contributed by atoms with E-state index in [0.717, 1.165) is 0 Å². The molecule has 3 N–H and O–H groups in total. The van der Waals surface area contributed by atoms with E-state index in [-0.39, 0.29) is 16.4 Å². The highest BCUT2D eigenvalue weighted by Crippen LogP contribution is 2.28. The van der Waals surface area contributed by atoms with Crippen LogP contribution in [0.5, 0.6) is 0 Å². The van der Waals surface area contributed by atoms with Gasteiger partial charge in [0.2, 0.25) is 10.0 Å². The number of anilines is 1. The Hall–Kier alpha value is -3.01. The first-order chi connectivity index (χ1) is 16.2. The molecule has 9 heteroatoms. The van der Waals surface area contributed by atoms with Gasteiger partial charge in [0.05, 0.1) is 27.5 Å². The molecule has 7 nitrogen and oxygen atoms in total. The van der Waals surface area contributed by atoms with Crippen LogP contribution < -0.4 is 16.0 Å². The molecule has 0 amide bonds. The zero-order valence-electron chi connectivity index (χ0n) is 18.8. The van der Waals surface area contributed by atoms with Gasteiger partial charge in [0.15, 0.2) is 0 Å². The molecule has 34 heavy (non-hydrogen) atoms. The molecule has 1 heterocycles. The number of nitrogens with one attached hydrogen (secondary N) is 1. The van der Waals surface area contributed by atoms with Crippen molar-refractivity contribution in [2.75, 3.05) is 5.73 Å². The van der Waals surface area contributed by atoms with E-state index in [1.165, 1.54) is 28.8 Å². The number of halogens is 1. The molecular formula is C25H25BrN4O3S. The van der Waals surface area contributed by atoms with Gasteiger partial charge in [0.25, 0.3) is 5.56 Å². The predicted molar refractivity (Wildman–Crippen MR) is 138 cm³/mol. The summed E-state index contributed by atoms with van der Waals surface area (Å²) >= 11 is 3.53. The molecule has 0 fully saturated rings. The van der Waals surface area contributed by atoms with E-state index in [0.29, 0.717) is 39.0 Å². The molecule has 0 radical (unpaired) electrons. The fourth-order valence-corrected chi connectivity index (χ4v) is 5.50. The van der Waals surface area contributed by atoms with Gasteiger partial charge < -0.3 is 5.73 Å². The molecule has 0 saturated heterocycles. The van der Waals surface area contributed by atoms with Gasteiger partial charge in [-0.05, 0) is 76.8 Å². The molecule has 0 aliphatic rings. The summed E-state index contributed by atoms with van der Waals surface area (Å²) in [6, 6.07) is 19.6. The van der Waals surface area contributed by atoms with E-state index < -0.39 is 16.1 Å². The smallest absolute Gasteiger partial charge is 0.266 e.